The van der Waals surface area contributed by atoms with Gasteiger partial charge in [0.15, 0.2) is 0 Å². The Morgan fingerprint density at radius 2 is 1.63 bits per heavy atom. The molecule has 3 aromatic rings. The Morgan fingerprint density at radius 1 is 0.943 bits per heavy atom. The van der Waals surface area contributed by atoms with Crippen LogP contribution < -0.4 is 0 Å². The van der Waals surface area contributed by atoms with Gasteiger partial charge in [0.2, 0.25) is 0 Å². The molecule has 1 heterocycles. The average molecular weight is 651 g/mol. The van der Waals surface area contributed by atoms with Crippen LogP contribution in [0.4, 0.5) is 0 Å². The number of hydrogen-bond donors (Lipinski definition) is 2. The van der Waals surface area contributed by atoms with Crippen LogP contribution in [-0.4, -0.2) is 27.4 Å². The number of aromatic nitrogens is 1. The summed E-state index contributed by atoms with van der Waals surface area (Å²) >= 11 is 0. The van der Waals surface area contributed by atoms with Crippen LogP contribution in [-0.2, 0) is 20.1 Å². The molecule has 5 rings (SSSR count). The van der Waals surface area contributed by atoms with Crippen molar-refractivity contribution in [1.82, 2.24) is 4.98 Å². The third-order valence-corrected chi connectivity index (χ3v) is 8.19. The standard InChI is InChI=1S/C18H16N.C13H24O2.Ir/c1-13(2)16-9-8-15-10-11-17(19-18(15)12-16)14-6-4-3-5-7-14;1-12(2)6-5-8-7-13(3,4)11(15)9(8)10(12)14;/h3-6,8-13H,1-2H3;8-11,14-15H,5-7H2,1-4H3;/q-1;;. The molecule has 2 aromatic carbocycles. The van der Waals surface area contributed by atoms with Gasteiger partial charge in [-0.25, -0.2) is 0 Å². The minimum atomic E-state index is -0.340. The van der Waals surface area contributed by atoms with E-state index in [9.17, 15) is 10.2 Å². The van der Waals surface area contributed by atoms with E-state index in [0.717, 1.165) is 36.0 Å². The van der Waals surface area contributed by atoms with Crippen molar-refractivity contribution >= 4 is 10.9 Å². The molecule has 4 atom stereocenters. The number of aliphatic hydroxyl groups excluding tert-OH is 2. The Balaban J connectivity index is 0.000000195. The van der Waals surface area contributed by atoms with Crippen LogP contribution >= 0.6 is 0 Å². The summed E-state index contributed by atoms with van der Waals surface area (Å²) in [6.45, 7) is 12.9. The summed E-state index contributed by atoms with van der Waals surface area (Å²) in [4.78, 5) is 4.76. The average Bonchev–Trinajstić information content (AvgIpc) is 3.05. The van der Waals surface area contributed by atoms with Gasteiger partial charge in [-0.3, -0.25) is 4.98 Å². The summed E-state index contributed by atoms with van der Waals surface area (Å²) in [5, 5.41) is 21.8. The third-order valence-electron chi connectivity index (χ3n) is 8.19. The zero-order valence-electron chi connectivity index (χ0n) is 21.9. The first kappa shape index (κ1) is 28.0. The van der Waals surface area contributed by atoms with Crippen molar-refractivity contribution in [3.8, 4) is 11.3 Å². The Morgan fingerprint density at radius 3 is 2.29 bits per heavy atom. The second kappa shape index (κ2) is 10.8. The van der Waals surface area contributed by atoms with Gasteiger partial charge in [-0.05, 0) is 64.6 Å². The van der Waals surface area contributed by atoms with E-state index in [4.69, 9.17) is 4.98 Å². The van der Waals surface area contributed by atoms with Crippen LogP contribution in [0, 0.1) is 28.7 Å². The molecule has 0 amide bonds. The Labute approximate surface area is 224 Å². The smallest absolute Gasteiger partial charge is 0.0646 e. The molecule has 0 bridgehead atoms. The monoisotopic (exact) mass is 651 g/mol. The van der Waals surface area contributed by atoms with Crippen LogP contribution in [0.25, 0.3) is 22.2 Å². The van der Waals surface area contributed by atoms with Gasteiger partial charge >= 0.3 is 0 Å². The fourth-order valence-electron chi connectivity index (χ4n) is 5.86. The molecule has 191 valence electrons. The zero-order valence-corrected chi connectivity index (χ0v) is 24.3. The molecule has 0 saturated heterocycles. The Hall–Kier alpha value is -1.58. The van der Waals surface area contributed by atoms with Crippen molar-refractivity contribution in [3.05, 3.63) is 66.2 Å². The van der Waals surface area contributed by atoms with Crippen molar-refractivity contribution in [2.24, 2.45) is 22.7 Å². The summed E-state index contributed by atoms with van der Waals surface area (Å²) < 4.78 is 0. The van der Waals surface area contributed by atoms with Gasteiger partial charge in [-0.1, -0.05) is 65.8 Å². The molecule has 2 aliphatic rings. The van der Waals surface area contributed by atoms with E-state index < -0.39 is 0 Å². The maximum atomic E-state index is 10.3. The quantitative estimate of drug-likeness (QED) is 0.294. The van der Waals surface area contributed by atoms with Gasteiger partial charge in [0.1, 0.15) is 0 Å². The molecule has 2 aliphatic carbocycles. The predicted molar refractivity (Wildman–Crippen MR) is 141 cm³/mol. The Bertz CT molecular complexity index is 1120. The van der Waals surface area contributed by atoms with E-state index in [1.54, 1.807) is 0 Å². The van der Waals surface area contributed by atoms with Crippen LogP contribution in [0.15, 0.2) is 54.6 Å². The molecule has 0 aliphatic heterocycles. The number of rotatable bonds is 2. The first-order chi connectivity index (χ1) is 16.0. The maximum Gasteiger partial charge on any atom is 0.0646 e. The molecule has 2 fully saturated rings. The molecule has 1 radical (unpaired) electrons. The van der Waals surface area contributed by atoms with E-state index in [1.165, 1.54) is 10.9 Å². The van der Waals surface area contributed by atoms with Gasteiger partial charge in [-0.2, -0.15) is 0 Å². The van der Waals surface area contributed by atoms with Gasteiger partial charge in [-0.15, -0.1) is 35.9 Å². The molecule has 3 nitrogen and oxygen atoms in total. The number of hydrogen-bond acceptors (Lipinski definition) is 3. The Kier molecular flexibility index (Phi) is 8.64. The normalized spacial score (nSPS) is 26.4. The van der Waals surface area contributed by atoms with E-state index >= 15 is 0 Å². The van der Waals surface area contributed by atoms with Crippen LogP contribution in [0.3, 0.4) is 0 Å². The van der Waals surface area contributed by atoms with Crippen LogP contribution in [0.5, 0.6) is 0 Å². The summed E-state index contributed by atoms with van der Waals surface area (Å²) in [5.41, 5.74) is 4.36. The van der Waals surface area contributed by atoms with Crippen molar-refractivity contribution in [2.45, 2.75) is 78.9 Å². The molecule has 1 aromatic heterocycles. The number of pyridine rings is 1. The van der Waals surface area contributed by atoms with Crippen molar-refractivity contribution < 1.29 is 30.3 Å². The van der Waals surface area contributed by atoms with Crippen LogP contribution in [0.1, 0.15) is 72.3 Å². The topological polar surface area (TPSA) is 53.4 Å². The number of benzene rings is 2. The fraction of sp³-hybridized carbons (Fsp3) is 0.516. The van der Waals surface area contributed by atoms with Crippen molar-refractivity contribution in [1.29, 1.82) is 0 Å². The number of aliphatic hydroxyl groups is 2. The largest absolute Gasteiger partial charge is 0.392 e. The first-order valence-corrected chi connectivity index (χ1v) is 12.7. The molecule has 4 heteroatoms. The molecular weight excluding hydrogens is 611 g/mol. The van der Waals surface area contributed by atoms with Gasteiger partial charge in [0.25, 0.3) is 0 Å². The number of fused-ring (bicyclic) bond motifs is 2. The minimum Gasteiger partial charge on any atom is -0.392 e. The summed E-state index contributed by atoms with van der Waals surface area (Å²) in [7, 11) is 0. The van der Waals surface area contributed by atoms with E-state index in [-0.39, 0.29) is 49.1 Å². The molecule has 35 heavy (non-hydrogen) atoms. The fourth-order valence-corrected chi connectivity index (χ4v) is 5.86. The third kappa shape index (κ3) is 5.88. The molecular formula is C31H40IrNO2-. The molecule has 2 saturated carbocycles. The second-order valence-electron chi connectivity index (χ2n) is 12.0. The van der Waals surface area contributed by atoms with Crippen LogP contribution in [0.2, 0.25) is 0 Å². The molecule has 4 unspecified atom stereocenters. The van der Waals surface area contributed by atoms with E-state index in [2.05, 4.69) is 77.9 Å². The molecule has 2 N–H and O–H groups in total. The van der Waals surface area contributed by atoms with E-state index in [0.29, 0.717) is 11.8 Å². The van der Waals surface area contributed by atoms with Gasteiger partial charge in [0, 0.05) is 26.0 Å². The van der Waals surface area contributed by atoms with E-state index in [1.807, 2.05) is 24.3 Å². The SMILES string of the molecule is CC(C)c1ccc2ccc(-c3[c-]cccc3)nc2c1.CC1(C)CCC2CC(C)(C)C(O)C2C1O.[Ir]. The summed E-state index contributed by atoms with van der Waals surface area (Å²) in [6.07, 6.45) is 2.63. The zero-order chi connectivity index (χ0) is 24.7. The van der Waals surface area contributed by atoms with Crippen molar-refractivity contribution in [3.63, 3.8) is 0 Å². The van der Waals surface area contributed by atoms with Gasteiger partial charge in [0.05, 0.1) is 17.7 Å². The summed E-state index contributed by atoms with van der Waals surface area (Å²) in [6, 6.07) is 21.9. The first-order valence-electron chi connectivity index (χ1n) is 12.7. The second-order valence-corrected chi connectivity index (χ2v) is 12.0. The maximum absolute atomic E-state index is 10.3. The van der Waals surface area contributed by atoms with Crippen molar-refractivity contribution in [2.75, 3.05) is 0 Å². The summed E-state index contributed by atoms with van der Waals surface area (Å²) in [5.74, 6) is 1.15. The predicted octanol–water partition coefficient (Wildman–Crippen LogP) is 7.01. The molecule has 0 spiro atoms. The number of nitrogens with zero attached hydrogens (tertiary/aromatic N) is 1. The minimum absolute atomic E-state index is 0. The van der Waals surface area contributed by atoms with Gasteiger partial charge < -0.3 is 10.2 Å².